The Balaban J connectivity index is 1.63. The third-order valence-corrected chi connectivity index (χ3v) is 4.04. The maximum absolute atomic E-state index is 3.81. The number of nitrogens with one attached hydrogen (secondary N) is 1. The molecule has 0 aromatic heterocycles. The maximum Gasteiger partial charge on any atom is 0.0320 e. The van der Waals surface area contributed by atoms with Gasteiger partial charge in [-0.2, -0.15) is 0 Å². The van der Waals surface area contributed by atoms with Crippen LogP contribution in [-0.4, -0.2) is 6.04 Å². The lowest BCUT2D eigenvalue weighted by Gasteiger charge is -2.17. The second-order valence-electron chi connectivity index (χ2n) is 5.40. The third-order valence-electron chi connectivity index (χ3n) is 4.04. The van der Waals surface area contributed by atoms with E-state index in [1.165, 1.54) is 17.5 Å². The summed E-state index contributed by atoms with van der Waals surface area (Å²) < 4.78 is 0. The quantitative estimate of drug-likeness (QED) is 0.836. The van der Waals surface area contributed by atoms with Crippen molar-refractivity contribution in [3.63, 3.8) is 0 Å². The predicted octanol–water partition coefficient (Wildman–Crippen LogP) is 4.28. The van der Waals surface area contributed by atoms with Gasteiger partial charge in [0.25, 0.3) is 0 Å². The summed E-state index contributed by atoms with van der Waals surface area (Å²) in [7, 11) is 0. The Kier molecular flexibility index (Phi) is 3.65. The van der Waals surface area contributed by atoms with Gasteiger partial charge in [0.05, 0.1) is 0 Å². The zero-order chi connectivity index (χ0) is 13.1. The van der Waals surface area contributed by atoms with Crippen LogP contribution in [0.3, 0.4) is 0 Å². The van der Waals surface area contributed by atoms with E-state index in [-0.39, 0.29) is 0 Å². The average molecular weight is 251 g/mol. The van der Waals surface area contributed by atoms with E-state index in [9.17, 15) is 0 Å². The molecule has 3 atom stereocenters. The van der Waals surface area contributed by atoms with Crippen molar-refractivity contribution < 1.29 is 0 Å². The summed E-state index contributed by atoms with van der Waals surface area (Å²) in [5.74, 6) is 0.707. The van der Waals surface area contributed by atoms with Gasteiger partial charge in [-0.15, -0.1) is 0 Å². The molecule has 3 unspecified atom stereocenters. The van der Waals surface area contributed by atoms with Crippen molar-refractivity contribution in [1.82, 2.24) is 5.32 Å². The fraction of sp³-hybridized carbons (Fsp3) is 0.333. The summed E-state index contributed by atoms with van der Waals surface area (Å²) in [6, 6.07) is 22.8. The average Bonchev–Trinajstić information content (AvgIpc) is 3.26. The zero-order valence-corrected chi connectivity index (χ0v) is 11.4. The van der Waals surface area contributed by atoms with Crippen LogP contribution in [0, 0.1) is 0 Å². The Morgan fingerprint density at radius 1 is 1.00 bits per heavy atom. The van der Waals surface area contributed by atoms with E-state index in [2.05, 4.69) is 72.9 Å². The highest BCUT2D eigenvalue weighted by Gasteiger charge is 2.39. The van der Waals surface area contributed by atoms with E-state index >= 15 is 0 Å². The van der Waals surface area contributed by atoms with Gasteiger partial charge in [0.2, 0.25) is 0 Å². The summed E-state index contributed by atoms with van der Waals surface area (Å²) >= 11 is 0. The lowest BCUT2D eigenvalue weighted by atomic mass is 10.0. The van der Waals surface area contributed by atoms with Crippen molar-refractivity contribution in [2.24, 2.45) is 0 Å². The Morgan fingerprint density at radius 2 is 1.63 bits per heavy atom. The lowest BCUT2D eigenvalue weighted by Crippen LogP contribution is -2.23. The first-order valence-electron chi connectivity index (χ1n) is 7.24. The fourth-order valence-corrected chi connectivity index (χ4v) is 2.84. The van der Waals surface area contributed by atoms with Crippen LogP contribution in [-0.2, 0) is 0 Å². The number of benzene rings is 2. The normalized spacial score (nSPS) is 23.0. The molecule has 0 aliphatic heterocycles. The molecule has 1 saturated carbocycles. The highest BCUT2D eigenvalue weighted by atomic mass is 15.0. The van der Waals surface area contributed by atoms with Gasteiger partial charge >= 0.3 is 0 Å². The smallest absolute Gasteiger partial charge is 0.0320 e. The molecule has 98 valence electrons. The van der Waals surface area contributed by atoms with E-state index in [0.29, 0.717) is 18.0 Å². The first-order valence-corrected chi connectivity index (χ1v) is 7.24. The molecule has 0 saturated heterocycles. The zero-order valence-electron chi connectivity index (χ0n) is 11.4. The minimum absolute atomic E-state index is 0.486. The van der Waals surface area contributed by atoms with E-state index in [1.54, 1.807) is 0 Å². The molecule has 1 nitrogen and oxygen atoms in total. The van der Waals surface area contributed by atoms with Crippen molar-refractivity contribution in [1.29, 1.82) is 0 Å². The van der Waals surface area contributed by atoms with Gasteiger partial charge in [-0.1, -0.05) is 67.6 Å². The van der Waals surface area contributed by atoms with Crippen LogP contribution in [0.25, 0.3) is 0 Å². The Hall–Kier alpha value is -1.60. The van der Waals surface area contributed by atoms with Gasteiger partial charge in [-0.05, 0) is 24.0 Å². The monoisotopic (exact) mass is 251 g/mol. The molecule has 2 aromatic rings. The van der Waals surface area contributed by atoms with E-state index in [4.69, 9.17) is 0 Å². The largest absolute Gasteiger partial charge is 0.307 e. The topological polar surface area (TPSA) is 12.0 Å². The molecule has 1 aliphatic rings. The lowest BCUT2D eigenvalue weighted by molar-refractivity contribution is 0.510. The van der Waals surface area contributed by atoms with Gasteiger partial charge in [0.1, 0.15) is 0 Å². The SMILES string of the molecule is CCC(NC1CC1c1ccccc1)c1ccccc1. The molecule has 2 aromatic carbocycles. The Morgan fingerprint density at radius 3 is 2.26 bits per heavy atom. The summed E-state index contributed by atoms with van der Waals surface area (Å²) in [6.45, 7) is 2.25. The molecule has 1 heteroatoms. The van der Waals surface area contributed by atoms with E-state index < -0.39 is 0 Å². The highest BCUT2D eigenvalue weighted by molar-refractivity contribution is 5.28. The summed E-state index contributed by atoms with van der Waals surface area (Å²) in [5, 5.41) is 3.81. The minimum atomic E-state index is 0.486. The molecule has 0 radical (unpaired) electrons. The van der Waals surface area contributed by atoms with Crippen molar-refractivity contribution in [3.05, 3.63) is 71.8 Å². The molecule has 19 heavy (non-hydrogen) atoms. The molecular weight excluding hydrogens is 230 g/mol. The van der Waals surface area contributed by atoms with Gasteiger partial charge in [-0.25, -0.2) is 0 Å². The van der Waals surface area contributed by atoms with Crippen LogP contribution in [0.5, 0.6) is 0 Å². The maximum atomic E-state index is 3.81. The Bertz CT molecular complexity index is 506. The van der Waals surface area contributed by atoms with Crippen LogP contribution in [0.2, 0.25) is 0 Å². The molecule has 1 fully saturated rings. The van der Waals surface area contributed by atoms with Gasteiger partial charge < -0.3 is 5.32 Å². The number of hydrogen-bond donors (Lipinski definition) is 1. The molecule has 0 spiro atoms. The third kappa shape index (κ3) is 2.87. The first kappa shape index (κ1) is 12.4. The predicted molar refractivity (Wildman–Crippen MR) is 80.2 cm³/mol. The number of hydrogen-bond acceptors (Lipinski definition) is 1. The fourth-order valence-electron chi connectivity index (χ4n) is 2.84. The van der Waals surface area contributed by atoms with E-state index in [1.807, 2.05) is 0 Å². The highest BCUT2D eigenvalue weighted by Crippen LogP contribution is 2.42. The molecule has 1 aliphatic carbocycles. The van der Waals surface area contributed by atoms with Crippen LogP contribution in [0.1, 0.15) is 42.9 Å². The van der Waals surface area contributed by atoms with Gasteiger partial charge in [0, 0.05) is 18.0 Å². The van der Waals surface area contributed by atoms with Crippen LogP contribution in [0.15, 0.2) is 60.7 Å². The molecule has 1 N–H and O–H groups in total. The van der Waals surface area contributed by atoms with Crippen molar-refractivity contribution >= 4 is 0 Å². The molecule has 0 amide bonds. The second kappa shape index (κ2) is 5.58. The summed E-state index contributed by atoms with van der Waals surface area (Å²) in [6.07, 6.45) is 2.41. The molecule has 3 rings (SSSR count). The first-order chi connectivity index (χ1) is 9.38. The van der Waals surface area contributed by atoms with Gasteiger partial charge in [0.15, 0.2) is 0 Å². The van der Waals surface area contributed by atoms with Crippen LogP contribution in [0.4, 0.5) is 0 Å². The van der Waals surface area contributed by atoms with Crippen molar-refractivity contribution in [3.8, 4) is 0 Å². The van der Waals surface area contributed by atoms with Crippen LogP contribution < -0.4 is 5.32 Å². The standard InChI is InChI=1S/C18H21N/c1-2-17(15-11-7-4-8-12-15)19-18-13-16(18)14-9-5-3-6-10-14/h3-12,16-19H,2,13H2,1H3. The Labute approximate surface area is 115 Å². The van der Waals surface area contributed by atoms with E-state index in [0.717, 1.165) is 6.42 Å². The van der Waals surface area contributed by atoms with Crippen molar-refractivity contribution in [2.75, 3.05) is 0 Å². The molecule has 0 bridgehead atoms. The summed E-state index contributed by atoms with van der Waals surface area (Å²) in [5.41, 5.74) is 2.88. The molecular formula is C18H21N. The molecule has 0 heterocycles. The van der Waals surface area contributed by atoms with Gasteiger partial charge in [-0.3, -0.25) is 0 Å². The van der Waals surface area contributed by atoms with Crippen molar-refractivity contribution in [2.45, 2.75) is 37.8 Å². The second-order valence-corrected chi connectivity index (χ2v) is 5.40. The number of rotatable bonds is 5. The van der Waals surface area contributed by atoms with Crippen LogP contribution >= 0.6 is 0 Å². The minimum Gasteiger partial charge on any atom is -0.307 e. The summed E-state index contributed by atoms with van der Waals surface area (Å²) in [4.78, 5) is 0.